The first kappa shape index (κ1) is 15.0. The highest BCUT2D eigenvalue weighted by Crippen LogP contribution is 2.17. The van der Waals surface area contributed by atoms with Gasteiger partial charge in [0, 0.05) is 6.42 Å². The van der Waals surface area contributed by atoms with Gasteiger partial charge in [-0.05, 0) is 7.05 Å². The molecular formula is C6H11F6N. The molecule has 13 heavy (non-hydrogen) atoms. The minimum Gasteiger partial charge on any atom is -0.312 e. The van der Waals surface area contributed by atoms with Gasteiger partial charge in [-0.3, -0.25) is 0 Å². The second-order valence-corrected chi connectivity index (χ2v) is 2.11. The van der Waals surface area contributed by atoms with Crippen molar-refractivity contribution in [2.75, 3.05) is 13.6 Å². The lowest BCUT2D eigenvalue weighted by molar-refractivity contribution is -0.130. The van der Waals surface area contributed by atoms with Gasteiger partial charge in [-0.2, -0.15) is 26.3 Å². The Bertz CT molecular complexity index is 115. The van der Waals surface area contributed by atoms with E-state index in [1.54, 1.807) is 0 Å². The lowest BCUT2D eigenvalue weighted by Crippen LogP contribution is -2.25. The molecule has 82 valence electrons. The molecule has 0 radical (unpaired) electrons. The van der Waals surface area contributed by atoms with Crippen molar-refractivity contribution in [2.24, 2.45) is 0 Å². The topological polar surface area (TPSA) is 12.0 Å². The molecule has 0 heterocycles. The summed E-state index contributed by atoms with van der Waals surface area (Å²) in [6.07, 6.45) is -8.75. The van der Waals surface area contributed by atoms with E-state index in [-0.39, 0.29) is 0 Å². The van der Waals surface area contributed by atoms with E-state index in [2.05, 4.69) is 0 Å². The first-order chi connectivity index (χ1) is 5.62. The third-order valence-corrected chi connectivity index (χ3v) is 0.778. The zero-order valence-electron chi connectivity index (χ0n) is 7.18. The summed E-state index contributed by atoms with van der Waals surface area (Å²) in [5, 5.41) is 1.98. The molecule has 0 rings (SSSR count). The van der Waals surface area contributed by atoms with Crippen LogP contribution in [0.2, 0.25) is 0 Å². The van der Waals surface area contributed by atoms with Gasteiger partial charge >= 0.3 is 12.4 Å². The lowest BCUT2D eigenvalue weighted by Gasteiger charge is -2.01. The molecule has 1 nitrogen and oxygen atoms in total. The molecular weight excluding hydrogens is 200 g/mol. The number of hydrogen-bond acceptors (Lipinski definition) is 1. The van der Waals surface area contributed by atoms with E-state index in [0.29, 0.717) is 0 Å². The zero-order chi connectivity index (χ0) is 11.1. The fourth-order valence-corrected chi connectivity index (χ4v) is 0.200. The smallest absolute Gasteiger partial charge is 0.312 e. The molecule has 0 saturated heterocycles. The van der Waals surface area contributed by atoms with E-state index >= 15 is 0 Å². The van der Waals surface area contributed by atoms with Crippen molar-refractivity contribution < 1.29 is 26.3 Å². The Labute approximate surface area is 72.1 Å². The number of halogens is 6. The molecule has 0 aliphatic rings. The Morgan fingerprint density at radius 2 is 1.23 bits per heavy atom. The monoisotopic (exact) mass is 211 g/mol. The first-order valence-electron chi connectivity index (χ1n) is 3.40. The summed E-state index contributed by atoms with van der Waals surface area (Å²) >= 11 is 0. The molecule has 0 aromatic carbocycles. The molecule has 1 N–H and O–H groups in total. The maximum Gasteiger partial charge on any atom is 0.401 e. The van der Waals surface area contributed by atoms with Crippen LogP contribution < -0.4 is 5.32 Å². The highest BCUT2D eigenvalue weighted by atomic mass is 19.4. The largest absolute Gasteiger partial charge is 0.401 e. The van der Waals surface area contributed by atoms with E-state index < -0.39 is 25.3 Å². The van der Waals surface area contributed by atoms with Crippen molar-refractivity contribution in [3.05, 3.63) is 0 Å². The molecule has 7 heteroatoms. The molecule has 0 fully saturated rings. The molecule has 0 aliphatic heterocycles. The summed E-state index contributed by atoms with van der Waals surface area (Å²) < 4.78 is 65.3. The SMILES string of the molecule is CCC(F)(F)F.CNCC(F)(F)F. The van der Waals surface area contributed by atoms with Crippen molar-refractivity contribution in [1.82, 2.24) is 5.32 Å². The molecule has 0 bridgehead atoms. The van der Waals surface area contributed by atoms with Crippen LogP contribution in [0.4, 0.5) is 26.3 Å². The van der Waals surface area contributed by atoms with Crippen molar-refractivity contribution in [1.29, 1.82) is 0 Å². The van der Waals surface area contributed by atoms with E-state index in [0.717, 1.165) is 6.92 Å². The summed E-state index contributed by atoms with van der Waals surface area (Å²) in [6.45, 7) is 0.174. The second-order valence-electron chi connectivity index (χ2n) is 2.11. The van der Waals surface area contributed by atoms with E-state index in [1.807, 2.05) is 5.32 Å². The second kappa shape index (κ2) is 6.06. The molecule has 0 unspecified atom stereocenters. The van der Waals surface area contributed by atoms with Crippen LogP contribution in [-0.4, -0.2) is 25.9 Å². The molecule has 0 spiro atoms. The predicted octanol–water partition coefficient (Wildman–Crippen LogP) is 2.73. The Morgan fingerprint density at radius 1 is 0.923 bits per heavy atom. The minimum atomic E-state index is -4.06. The molecule has 0 saturated carbocycles. The molecule has 0 aromatic rings. The standard InChI is InChI=1S/C3H6F3N.C3H5F3/c1-7-2-3(4,5)6;1-2-3(4,5)6/h7H,2H2,1H3;2H2,1H3. The summed E-state index contributed by atoms with van der Waals surface area (Å²) in [4.78, 5) is 0. The fraction of sp³-hybridized carbons (Fsp3) is 1.00. The van der Waals surface area contributed by atoms with Crippen molar-refractivity contribution in [3.63, 3.8) is 0 Å². The summed E-state index contributed by atoms with van der Waals surface area (Å²) in [6, 6.07) is 0. The van der Waals surface area contributed by atoms with Crippen LogP contribution in [0.5, 0.6) is 0 Å². The lowest BCUT2D eigenvalue weighted by atomic mass is 10.5. The zero-order valence-corrected chi connectivity index (χ0v) is 7.18. The van der Waals surface area contributed by atoms with E-state index in [4.69, 9.17) is 0 Å². The predicted molar refractivity (Wildman–Crippen MR) is 36.3 cm³/mol. The van der Waals surface area contributed by atoms with E-state index in [1.165, 1.54) is 7.05 Å². The maximum absolute atomic E-state index is 11.0. The van der Waals surface area contributed by atoms with Crippen LogP contribution >= 0.6 is 0 Å². The van der Waals surface area contributed by atoms with Crippen LogP contribution in [0, 0.1) is 0 Å². The highest BCUT2D eigenvalue weighted by molar-refractivity contribution is 4.49. The number of rotatable bonds is 1. The summed E-state index contributed by atoms with van der Waals surface area (Å²) in [5.74, 6) is 0. The Morgan fingerprint density at radius 3 is 1.23 bits per heavy atom. The quantitative estimate of drug-likeness (QED) is 0.657. The minimum absolute atomic E-state index is 0.729. The van der Waals surface area contributed by atoms with Crippen LogP contribution in [0.1, 0.15) is 13.3 Å². The first-order valence-corrected chi connectivity index (χ1v) is 3.40. The molecule has 0 atom stereocenters. The van der Waals surface area contributed by atoms with Gasteiger partial charge in [-0.1, -0.05) is 6.92 Å². The molecule has 0 aliphatic carbocycles. The molecule has 0 aromatic heterocycles. The van der Waals surface area contributed by atoms with Crippen LogP contribution in [0.3, 0.4) is 0 Å². The van der Waals surface area contributed by atoms with Gasteiger partial charge in [-0.25, -0.2) is 0 Å². The number of alkyl halides is 6. The number of nitrogens with one attached hydrogen (secondary N) is 1. The van der Waals surface area contributed by atoms with Crippen LogP contribution in [-0.2, 0) is 0 Å². The van der Waals surface area contributed by atoms with Crippen LogP contribution in [0.15, 0.2) is 0 Å². The van der Waals surface area contributed by atoms with Gasteiger partial charge in [0.1, 0.15) is 0 Å². The number of hydrogen-bond donors (Lipinski definition) is 1. The summed E-state index contributed by atoms with van der Waals surface area (Å²) in [5.41, 5.74) is 0. The van der Waals surface area contributed by atoms with Gasteiger partial charge in [0.25, 0.3) is 0 Å². The third kappa shape index (κ3) is 24.6. The highest BCUT2D eigenvalue weighted by Gasteiger charge is 2.24. The Hall–Kier alpha value is -0.460. The van der Waals surface area contributed by atoms with Gasteiger partial charge in [0.05, 0.1) is 6.54 Å². The normalized spacial score (nSPS) is 12.0. The average Bonchev–Trinajstić information content (AvgIpc) is 1.84. The maximum atomic E-state index is 11.0. The van der Waals surface area contributed by atoms with Crippen molar-refractivity contribution in [3.8, 4) is 0 Å². The van der Waals surface area contributed by atoms with Crippen molar-refractivity contribution in [2.45, 2.75) is 25.7 Å². The van der Waals surface area contributed by atoms with Gasteiger partial charge in [0.2, 0.25) is 0 Å². The van der Waals surface area contributed by atoms with Crippen molar-refractivity contribution >= 4 is 0 Å². The van der Waals surface area contributed by atoms with Gasteiger partial charge in [0.15, 0.2) is 0 Å². The third-order valence-electron chi connectivity index (χ3n) is 0.778. The Balaban J connectivity index is 0. The van der Waals surface area contributed by atoms with Gasteiger partial charge in [-0.15, -0.1) is 0 Å². The molecule has 0 amide bonds. The fourth-order valence-electron chi connectivity index (χ4n) is 0.200. The Kier molecular flexibility index (Phi) is 7.01. The average molecular weight is 211 g/mol. The van der Waals surface area contributed by atoms with E-state index in [9.17, 15) is 26.3 Å². The van der Waals surface area contributed by atoms with Gasteiger partial charge < -0.3 is 5.32 Å². The summed E-state index contributed by atoms with van der Waals surface area (Å²) in [7, 11) is 1.26. The van der Waals surface area contributed by atoms with Crippen LogP contribution in [0.25, 0.3) is 0 Å².